The molecule has 0 saturated heterocycles. The van der Waals surface area contributed by atoms with Crippen LogP contribution in [0, 0.1) is 0 Å². The number of aryl methyl sites for hydroxylation is 1. The fraction of sp³-hybridized carbons (Fsp3) is 0.400. The van der Waals surface area contributed by atoms with Crippen molar-refractivity contribution in [1.82, 2.24) is 9.47 Å². The predicted octanol–water partition coefficient (Wildman–Crippen LogP) is 2.09. The molecule has 0 spiro atoms. The lowest BCUT2D eigenvalue weighted by Crippen LogP contribution is -2.44. The van der Waals surface area contributed by atoms with Gasteiger partial charge in [-0.1, -0.05) is 37.3 Å². The van der Waals surface area contributed by atoms with Crippen LogP contribution in [0.4, 0.5) is 0 Å². The van der Waals surface area contributed by atoms with Gasteiger partial charge in [-0.05, 0) is 12.0 Å². The molecule has 26 heavy (non-hydrogen) atoms. The highest BCUT2D eigenvalue weighted by Gasteiger charge is 2.30. The molecular formula is C20H24N2O4. The van der Waals surface area contributed by atoms with Gasteiger partial charge in [0.2, 0.25) is 5.43 Å². The summed E-state index contributed by atoms with van der Waals surface area (Å²) in [5, 5.41) is 0. The molecule has 1 aromatic carbocycles. The number of nitrogens with zero attached hydrogens (tertiary/aromatic N) is 2. The number of hydrogen-bond donors (Lipinski definition) is 0. The second kappa shape index (κ2) is 8.19. The molecule has 1 amide bonds. The highest BCUT2D eigenvalue weighted by atomic mass is 16.5. The maximum Gasteiger partial charge on any atom is 0.274 e. The number of amides is 1. The Balaban J connectivity index is 1.96. The second-order valence-corrected chi connectivity index (χ2v) is 6.24. The van der Waals surface area contributed by atoms with Crippen LogP contribution in [-0.4, -0.2) is 42.2 Å². The second-order valence-electron chi connectivity index (χ2n) is 6.24. The predicted molar refractivity (Wildman–Crippen MR) is 98.6 cm³/mol. The highest BCUT2D eigenvalue weighted by Crippen LogP contribution is 2.23. The molecule has 0 bridgehead atoms. The van der Waals surface area contributed by atoms with Crippen LogP contribution in [0.3, 0.4) is 0 Å². The minimum atomic E-state index is -0.244. The van der Waals surface area contributed by atoms with Gasteiger partial charge in [0.05, 0.1) is 6.61 Å². The summed E-state index contributed by atoms with van der Waals surface area (Å²) in [5.41, 5.74) is 1.92. The smallest absolute Gasteiger partial charge is 0.274 e. The van der Waals surface area contributed by atoms with Crippen molar-refractivity contribution in [1.29, 1.82) is 0 Å². The van der Waals surface area contributed by atoms with Crippen LogP contribution in [-0.2, 0) is 24.3 Å². The maximum atomic E-state index is 13.0. The van der Waals surface area contributed by atoms with E-state index in [1.54, 1.807) is 18.1 Å². The average Bonchev–Trinajstić information content (AvgIpc) is 2.67. The van der Waals surface area contributed by atoms with E-state index >= 15 is 0 Å². The number of fused-ring (bicyclic) bond motifs is 1. The van der Waals surface area contributed by atoms with Crippen molar-refractivity contribution in [3.05, 3.63) is 63.6 Å². The van der Waals surface area contributed by atoms with Crippen LogP contribution in [0.5, 0.6) is 5.75 Å². The number of hydrogen-bond acceptors (Lipinski definition) is 4. The summed E-state index contributed by atoms with van der Waals surface area (Å²) >= 11 is 0. The molecule has 6 nitrogen and oxygen atoms in total. The molecule has 0 aliphatic carbocycles. The lowest BCUT2D eigenvalue weighted by atomic mass is 10.1. The topological polar surface area (TPSA) is 60.8 Å². The van der Waals surface area contributed by atoms with Crippen molar-refractivity contribution in [2.75, 3.05) is 26.8 Å². The summed E-state index contributed by atoms with van der Waals surface area (Å²) in [6, 6.07) is 11.2. The first-order valence-corrected chi connectivity index (χ1v) is 8.87. The van der Waals surface area contributed by atoms with E-state index in [4.69, 9.17) is 9.47 Å². The van der Waals surface area contributed by atoms with Gasteiger partial charge in [-0.15, -0.1) is 0 Å². The van der Waals surface area contributed by atoms with E-state index in [1.165, 1.54) is 0 Å². The van der Waals surface area contributed by atoms with Crippen molar-refractivity contribution in [3.8, 4) is 5.75 Å². The van der Waals surface area contributed by atoms with E-state index in [-0.39, 0.29) is 23.7 Å². The zero-order valence-electron chi connectivity index (χ0n) is 15.2. The normalized spacial score (nSPS) is 13.6. The zero-order valence-corrected chi connectivity index (χ0v) is 15.2. The lowest BCUT2D eigenvalue weighted by molar-refractivity contribution is 0.0629. The first-order valence-electron chi connectivity index (χ1n) is 8.87. The number of benzene rings is 1. The Morgan fingerprint density at radius 3 is 2.58 bits per heavy atom. The highest BCUT2D eigenvalue weighted by molar-refractivity contribution is 5.96. The SMILES string of the molecule is CCc1cc(=O)c(OCc2ccccc2)c2n1CCN(CCOC)C2=O. The van der Waals surface area contributed by atoms with Gasteiger partial charge in [0.25, 0.3) is 5.91 Å². The third-order valence-corrected chi connectivity index (χ3v) is 4.59. The number of carbonyl (C=O) groups excluding carboxylic acids is 1. The third-order valence-electron chi connectivity index (χ3n) is 4.59. The minimum Gasteiger partial charge on any atom is -0.483 e. The zero-order chi connectivity index (χ0) is 18.5. The fourth-order valence-corrected chi connectivity index (χ4v) is 3.19. The summed E-state index contributed by atoms with van der Waals surface area (Å²) < 4.78 is 12.8. The molecule has 2 aromatic rings. The van der Waals surface area contributed by atoms with Crippen LogP contribution in [0.15, 0.2) is 41.2 Å². The number of rotatable bonds is 7. The molecule has 0 atom stereocenters. The number of methoxy groups -OCH3 is 1. The lowest BCUT2D eigenvalue weighted by Gasteiger charge is -2.32. The van der Waals surface area contributed by atoms with Crippen LogP contribution in [0.2, 0.25) is 0 Å². The Morgan fingerprint density at radius 1 is 1.12 bits per heavy atom. The van der Waals surface area contributed by atoms with Crippen LogP contribution in [0.25, 0.3) is 0 Å². The van der Waals surface area contributed by atoms with Gasteiger partial charge in [-0.2, -0.15) is 0 Å². The van der Waals surface area contributed by atoms with Gasteiger partial charge >= 0.3 is 0 Å². The number of ether oxygens (including phenoxy) is 2. The molecule has 0 saturated carbocycles. The standard InChI is InChI=1S/C20H24N2O4/c1-3-16-13-17(23)19(26-14-15-7-5-4-6-8-15)18-20(24)21(11-12-25-2)9-10-22(16)18/h4-8,13H,3,9-12,14H2,1-2H3. The van der Waals surface area contributed by atoms with Crippen molar-refractivity contribution >= 4 is 5.91 Å². The third kappa shape index (κ3) is 3.65. The summed E-state index contributed by atoms with van der Waals surface area (Å²) in [5.74, 6) is -0.0399. The van der Waals surface area contributed by atoms with Gasteiger partial charge in [-0.3, -0.25) is 9.59 Å². The molecule has 0 unspecified atom stereocenters. The van der Waals surface area contributed by atoms with Crippen molar-refractivity contribution in [3.63, 3.8) is 0 Å². The molecule has 2 heterocycles. The molecule has 138 valence electrons. The molecule has 1 aliphatic heterocycles. The van der Waals surface area contributed by atoms with Gasteiger partial charge in [0, 0.05) is 38.5 Å². The number of aromatic nitrogens is 1. The largest absolute Gasteiger partial charge is 0.483 e. The summed E-state index contributed by atoms with van der Waals surface area (Å²) in [6.45, 7) is 4.44. The van der Waals surface area contributed by atoms with E-state index < -0.39 is 0 Å². The van der Waals surface area contributed by atoms with Crippen LogP contribution in [0.1, 0.15) is 28.7 Å². The molecule has 0 N–H and O–H groups in total. The van der Waals surface area contributed by atoms with E-state index in [0.29, 0.717) is 38.4 Å². The van der Waals surface area contributed by atoms with Crippen molar-refractivity contribution in [2.45, 2.75) is 26.5 Å². The van der Waals surface area contributed by atoms with Crippen molar-refractivity contribution < 1.29 is 14.3 Å². The van der Waals surface area contributed by atoms with Gasteiger partial charge in [0.15, 0.2) is 11.4 Å². The average molecular weight is 356 g/mol. The van der Waals surface area contributed by atoms with Gasteiger partial charge in [-0.25, -0.2) is 0 Å². The first kappa shape index (κ1) is 18.2. The van der Waals surface area contributed by atoms with E-state index in [9.17, 15) is 9.59 Å². The summed E-state index contributed by atoms with van der Waals surface area (Å²) in [4.78, 5) is 27.3. The van der Waals surface area contributed by atoms with Gasteiger partial charge in [0.1, 0.15) is 6.61 Å². The Labute approximate surface area is 153 Å². The number of pyridine rings is 1. The van der Waals surface area contributed by atoms with E-state index in [1.807, 2.05) is 41.8 Å². The summed E-state index contributed by atoms with van der Waals surface area (Å²) in [6.07, 6.45) is 0.687. The van der Waals surface area contributed by atoms with Gasteiger partial charge < -0.3 is 18.9 Å². The summed E-state index contributed by atoms with van der Waals surface area (Å²) in [7, 11) is 1.61. The Hall–Kier alpha value is -2.60. The Bertz CT molecular complexity index is 830. The molecule has 0 fully saturated rings. The molecular weight excluding hydrogens is 332 g/mol. The number of carbonyl (C=O) groups is 1. The quantitative estimate of drug-likeness (QED) is 0.762. The molecule has 6 heteroatoms. The van der Waals surface area contributed by atoms with E-state index in [0.717, 1.165) is 11.3 Å². The minimum absolute atomic E-state index is 0.137. The molecule has 1 aliphatic rings. The molecule has 1 aromatic heterocycles. The Morgan fingerprint density at radius 2 is 1.88 bits per heavy atom. The van der Waals surface area contributed by atoms with Crippen LogP contribution >= 0.6 is 0 Å². The monoisotopic (exact) mass is 356 g/mol. The van der Waals surface area contributed by atoms with Crippen LogP contribution < -0.4 is 10.2 Å². The molecule has 0 radical (unpaired) electrons. The fourth-order valence-electron chi connectivity index (χ4n) is 3.19. The van der Waals surface area contributed by atoms with Crippen molar-refractivity contribution in [2.24, 2.45) is 0 Å². The van der Waals surface area contributed by atoms with E-state index in [2.05, 4.69) is 0 Å². The molecule has 3 rings (SSSR count). The Kier molecular flexibility index (Phi) is 5.73. The first-order chi connectivity index (χ1) is 12.7. The maximum absolute atomic E-state index is 13.0.